The van der Waals surface area contributed by atoms with Gasteiger partial charge >= 0.3 is 0 Å². The Morgan fingerprint density at radius 1 is 0.781 bits per heavy atom. The van der Waals surface area contributed by atoms with Gasteiger partial charge in [-0.1, -0.05) is 47.7 Å². The summed E-state index contributed by atoms with van der Waals surface area (Å²) in [6.45, 7) is 2.07. The van der Waals surface area contributed by atoms with Crippen LogP contribution in [-0.4, -0.2) is 32.6 Å². The lowest BCUT2D eigenvalue weighted by molar-refractivity contribution is 0.407. The van der Waals surface area contributed by atoms with Crippen molar-refractivity contribution in [1.29, 1.82) is 0 Å². The highest BCUT2D eigenvalue weighted by molar-refractivity contribution is 7.17. The highest BCUT2D eigenvalue weighted by Gasteiger charge is 2.16. The van der Waals surface area contributed by atoms with Crippen LogP contribution in [0.25, 0.3) is 44.1 Å². The van der Waals surface area contributed by atoms with E-state index in [0.29, 0.717) is 23.1 Å². The number of nitrogens with zero attached hydrogens (tertiary/aromatic N) is 4. The first-order valence-electron chi connectivity index (χ1n) is 9.83. The Bertz CT molecular complexity index is 1390. The number of aromatic hydroxyl groups is 1. The fourth-order valence-electron chi connectivity index (χ4n) is 3.32. The van der Waals surface area contributed by atoms with Crippen LogP contribution >= 0.6 is 11.3 Å². The van der Waals surface area contributed by atoms with Crippen LogP contribution in [0, 0.1) is 6.92 Å². The predicted octanol–water partition coefficient (Wildman–Crippen LogP) is 5.61. The molecule has 1 N–H and O–H groups in total. The van der Waals surface area contributed by atoms with Gasteiger partial charge in [0.2, 0.25) is 5.89 Å². The molecule has 8 heteroatoms. The topological polar surface area (TPSA) is 94.2 Å². The van der Waals surface area contributed by atoms with Crippen molar-refractivity contribution in [2.45, 2.75) is 6.92 Å². The first-order chi connectivity index (χ1) is 15.6. The van der Waals surface area contributed by atoms with Crippen LogP contribution in [0.1, 0.15) is 5.56 Å². The molecule has 0 bridgehead atoms. The van der Waals surface area contributed by atoms with Crippen molar-refractivity contribution >= 4 is 11.3 Å². The Morgan fingerprint density at radius 3 is 2.28 bits per heavy atom. The van der Waals surface area contributed by atoms with Crippen LogP contribution in [0.5, 0.6) is 11.5 Å². The van der Waals surface area contributed by atoms with Crippen molar-refractivity contribution in [1.82, 2.24) is 20.4 Å². The minimum atomic E-state index is 0.100. The van der Waals surface area contributed by atoms with Crippen molar-refractivity contribution in [3.63, 3.8) is 0 Å². The summed E-state index contributed by atoms with van der Waals surface area (Å²) in [5.74, 6) is 1.26. The molecule has 7 nitrogen and oxygen atoms in total. The summed E-state index contributed by atoms with van der Waals surface area (Å²) < 4.78 is 11.2. The lowest BCUT2D eigenvalue weighted by atomic mass is 10.1. The smallest absolute Gasteiger partial charge is 0.251 e. The van der Waals surface area contributed by atoms with Gasteiger partial charge in [-0.05, 0) is 36.8 Å². The summed E-state index contributed by atoms with van der Waals surface area (Å²) in [5, 5.41) is 28.4. The summed E-state index contributed by atoms with van der Waals surface area (Å²) in [6.07, 6.45) is 0. The van der Waals surface area contributed by atoms with Gasteiger partial charge in [0.25, 0.3) is 5.89 Å². The van der Waals surface area contributed by atoms with E-state index in [4.69, 9.17) is 9.15 Å². The van der Waals surface area contributed by atoms with Crippen molar-refractivity contribution in [2.75, 3.05) is 7.11 Å². The summed E-state index contributed by atoms with van der Waals surface area (Å²) in [4.78, 5) is 0. The summed E-state index contributed by atoms with van der Waals surface area (Å²) in [7, 11) is 1.52. The molecule has 0 spiro atoms. The van der Waals surface area contributed by atoms with Gasteiger partial charge in [-0.15, -0.1) is 20.4 Å². The molecule has 0 saturated carbocycles. The Kier molecular flexibility index (Phi) is 5.12. The zero-order valence-electron chi connectivity index (χ0n) is 17.3. The number of hydrogen-bond acceptors (Lipinski definition) is 8. The average molecular weight is 443 g/mol. The number of hydrogen-bond donors (Lipinski definition) is 1. The number of methoxy groups -OCH3 is 1. The van der Waals surface area contributed by atoms with E-state index >= 15 is 0 Å². The number of aryl methyl sites for hydroxylation is 1. The summed E-state index contributed by atoms with van der Waals surface area (Å²) >= 11 is 1.55. The highest BCUT2D eigenvalue weighted by atomic mass is 32.1. The first-order valence-corrected chi connectivity index (χ1v) is 10.7. The Morgan fingerprint density at radius 2 is 1.50 bits per heavy atom. The largest absolute Gasteiger partial charge is 0.508 e. The number of phenolic OH excluding ortho intramolecular Hbond substituents is 1. The lowest BCUT2D eigenvalue weighted by Crippen LogP contribution is -1.87. The van der Waals surface area contributed by atoms with Crippen LogP contribution in [0.4, 0.5) is 0 Å². The molecule has 0 atom stereocenters. The second-order valence-corrected chi connectivity index (χ2v) is 8.08. The number of phenols is 1. The number of rotatable bonds is 5. The molecule has 2 heterocycles. The predicted molar refractivity (Wildman–Crippen MR) is 122 cm³/mol. The molecule has 0 radical (unpaired) electrons. The minimum Gasteiger partial charge on any atom is -0.508 e. The van der Waals surface area contributed by atoms with E-state index in [1.165, 1.54) is 18.7 Å². The SMILES string of the molecule is COc1cc(O)ccc1-c1nnc(-c2ccc(-c3nnc(-c4ccccc4C)s3)cc2)o1. The van der Waals surface area contributed by atoms with Crippen molar-refractivity contribution in [3.05, 3.63) is 72.3 Å². The van der Waals surface area contributed by atoms with Crippen LogP contribution in [0.3, 0.4) is 0 Å². The van der Waals surface area contributed by atoms with Crippen LogP contribution in [0.15, 0.2) is 71.1 Å². The average Bonchev–Trinajstić information content (AvgIpc) is 3.50. The molecule has 0 aliphatic carbocycles. The third kappa shape index (κ3) is 3.72. The van der Waals surface area contributed by atoms with Gasteiger partial charge in [0.15, 0.2) is 0 Å². The summed E-state index contributed by atoms with van der Waals surface area (Å²) in [5.41, 5.74) is 4.62. The zero-order valence-corrected chi connectivity index (χ0v) is 18.1. The van der Waals surface area contributed by atoms with Gasteiger partial charge < -0.3 is 14.3 Å². The molecular weight excluding hydrogens is 424 g/mol. The molecule has 5 rings (SSSR count). The van der Waals surface area contributed by atoms with E-state index in [1.54, 1.807) is 23.5 Å². The van der Waals surface area contributed by atoms with E-state index in [1.807, 2.05) is 36.4 Å². The molecule has 32 heavy (non-hydrogen) atoms. The Balaban J connectivity index is 1.40. The van der Waals surface area contributed by atoms with E-state index in [2.05, 4.69) is 39.5 Å². The van der Waals surface area contributed by atoms with Gasteiger partial charge in [-0.3, -0.25) is 0 Å². The quantitative estimate of drug-likeness (QED) is 0.378. The van der Waals surface area contributed by atoms with E-state index in [9.17, 15) is 5.11 Å². The second kappa shape index (κ2) is 8.24. The number of aromatic nitrogens is 4. The molecule has 0 saturated heterocycles. The van der Waals surface area contributed by atoms with Gasteiger partial charge in [0, 0.05) is 22.8 Å². The van der Waals surface area contributed by atoms with E-state index < -0.39 is 0 Å². The maximum Gasteiger partial charge on any atom is 0.251 e. The monoisotopic (exact) mass is 442 g/mol. The first kappa shape index (κ1) is 19.9. The van der Waals surface area contributed by atoms with Gasteiger partial charge in [0.05, 0.1) is 12.7 Å². The Hall–Kier alpha value is -4.04. The normalized spacial score (nSPS) is 10.9. The standard InChI is InChI=1S/C24H18N4O3S/c1-14-5-3-4-6-18(14)24-28-27-23(32-24)16-9-7-15(8-10-16)21-25-26-22(31-21)19-12-11-17(29)13-20(19)30-2/h3-13,29H,1-2H3. The van der Waals surface area contributed by atoms with Crippen LogP contribution in [-0.2, 0) is 0 Å². The van der Waals surface area contributed by atoms with Crippen molar-refractivity contribution < 1.29 is 14.3 Å². The third-order valence-electron chi connectivity index (χ3n) is 5.02. The van der Waals surface area contributed by atoms with Gasteiger partial charge in [0.1, 0.15) is 21.5 Å². The fourth-order valence-corrected chi connectivity index (χ4v) is 4.26. The molecule has 5 aromatic rings. The molecule has 0 unspecified atom stereocenters. The fraction of sp³-hybridized carbons (Fsp3) is 0.0833. The van der Waals surface area contributed by atoms with Crippen LogP contribution < -0.4 is 4.74 Å². The van der Waals surface area contributed by atoms with E-state index in [-0.39, 0.29) is 5.75 Å². The highest BCUT2D eigenvalue weighted by Crippen LogP contribution is 2.35. The maximum absolute atomic E-state index is 9.64. The lowest BCUT2D eigenvalue weighted by Gasteiger charge is -2.04. The number of ether oxygens (including phenoxy) is 1. The van der Waals surface area contributed by atoms with Crippen molar-refractivity contribution in [3.8, 4) is 55.5 Å². The van der Waals surface area contributed by atoms with E-state index in [0.717, 1.165) is 26.7 Å². The number of benzene rings is 3. The minimum absolute atomic E-state index is 0.100. The van der Waals surface area contributed by atoms with Crippen molar-refractivity contribution in [2.24, 2.45) is 0 Å². The Labute approximate surface area is 188 Å². The molecule has 0 fully saturated rings. The van der Waals surface area contributed by atoms with Gasteiger partial charge in [-0.25, -0.2) is 0 Å². The summed E-state index contributed by atoms with van der Waals surface area (Å²) in [6, 6.07) is 20.6. The molecule has 2 aromatic heterocycles. The van der Waals surface area contributed by atoms with Crippen LogP contribution in [0.2, 0.25) is 0 Å². The molecule has 158 valence electrons. The molecule has 0 aliphatic rings. The molecular formula is C24H18N4O3S. The third-order valence-corrected chi connectivity index (χ3v) is 6.03. The molecule has 0 amide bonds. The van der Waals surface area contributed by atoms with Gasteiger partial charge in [-0.2, -0.15) is 0 Å². The maximum atomic E-state index is 9.64. The molecule has 3 aromatic carbocycles. The zero-order chi connectivity index (χ0) is 22.1. The second-order valence-electron chi connectivity index (χ2n) is 7.10. The molecule has 0 aliphatic heterocycles.